The number of β-amino-alcohol motifs (C(OH)–C–C–N with tert-alkyl or cyclic N) is 1. The van der Waals surface area contributed by atoms with Gasteiger partial charge in [0.1, 0.15) is 18.1 Å². The molecule has 1 aliphatic rings. The van der Waals surface area contributed by atoms with Gasteiger partial charge in [0.25, 0.3) is 0 Å². The predicted octanol–water partition coefficient (Wildman–Crippen LogP) is 0.836. The minimum Gasteiger partial charge on any atom is -0.497 e. The number of anilines is 1. The fourth-order valence-electron chi connectivity index (χ4n) is 2.77. The Morgan fingerprint density at radius 3 is 2.29 bits per heavy atom. The van der Waals surface area contributed by atoms with Crippen molar-refractivity contribution in [1.29, 1.82) is 0 Å². The molecule has 1 aromatic carbocycles. The van der Waals surface area contributed by atoms with Crippen LogP contribution < -0.4 is 14.4 Å². The molecule has 1 aliphatic heterocycles. The number of hydrogen-bond donors (Lipinski definition) is 1. The molecule has 0 saturated carbocycles. The Hall–Kier alpha value is -1.94. The first-order valence-electron chi connectivity index (χ1n) is 8.06. The van der Waals surface area contributed by atoms with Crippen molar-refractivity contribution in [3.05, 3.63) is 18.2 Å². The van der Waals surface area contributed by atoms with Crippen LogP contribution in [-0.4, -0.2) is 76.3 Å². The van der Waals surface area contributed by atoms with E-state index in [1.54, 1.807) is 14.2 Å². The van der Waals surface area contributed by atoms with Crippen LogP contribution in [0, 0.1) is 12.3 Å². The van der Waals surface area contributed by atoms with E-state index in [0.717, 1.165) is 43.4 Å². The topological polar surface area (TPSA) is 54.4 Å². The maximum absolute atomic E-state index is 9.97. The van der Waals surface area contributed by atoms with Crippen molar-refractivity contribution in [2.75, 3.05) is 65.1 Å². The second kappa shape index (κ2) is 9.38. The van der Waals surface area contributed by atoms with Gasteiger partial charge in [-0.05, 0) is 0 Å². The number of nitrogens with zero attached hydrogens (tertiary/aromatic N) is 2. The quantitative estimate of drug-likeness (QED) is 0.562. The van der Waals surface area contributed by atoms with E-state index in [4.69, 9.17) is 20.6 Å². The van der Waals surface area contributed by atoms with E-state index in [1.807, 2.05) is 18.2 Å². The first-order chi connectivity index (χ1) is 11.7. The molecule has 0 amide bonds. The molecule has 132 valence electrons. The molecule has 6 heteroatoms. The summed E-state index contributed by atoms with van der Waals surface area (Å²) >= 11 is 0. The summed E-state index contributed by atoms with van der Waals surface area (Å²) in [7, 11) is 3.31. The van der Waals surface area contributed by atoms with Crippen LogP contribution in [0.1, 0.15) is 0 Å². The molecule has 24 heavy (non-hydrogen) atoms. The summed E-state index contributed by atoms with van der Waals surface area (Å²) in [6.45, 7) is 4.64. The fraction of sp³-hybridized carbons (Fsp3) is 0.556. The second-order valence-electron chi connectivity index (χ2n) is 5.73. The van der Waals surface area contributed by atoms with E-state index in [1.165, 1.54) is 0 Å². The van der Waals surface area contributed by atoms with Crippen LogP contribution in [0.25, 0.3) is 0 Å². The predicted molar refractivity (Wildman–Crippen MR) is 93.9 cm³/mol. The molecule has 1 atom stereocenters. The molecule has 6 nitrogen and oxygen atoms in total. The van der Waals surface area contributed by atoms with Crippen LogP contribution >= 0.6 is 0 Å². The number of benzene rings is 1. The zero-order valence-electron chi connectivity index (χ0n) is 14.4. The minimum absolute atomic E-state index is 0.239. The van der Waals surface area contributed by atoms with E-state index in [9.17, 15) is 5.11 Å². The highest BCUT2D eigenvalue weighted by molar-refractivity contribution is 5.56. The molecule has 1 saturated heterocycles. The van der Waals surface area contributed by atoms with Crippen molar-refractivity contribution in [1.82, 2.24) is 4.90 Å². The number of piperazine rings is 1. The van der Waals surface area contributed by atoms with Gasteiger partial charge in [0.15, 0.2) is 0 Å². The molecule has 0 spiro atoms. The average Bonchev–Trinajstić information content (AvgIpc) is 2.62. The van der Waals surface area contributed by atoms with Crippen molar-refractivity contribution in [3.63, 3.8) is 0 Å². The van der Waals surface area contributed by atoms with Gasteiger partial charge in [-0.2, -0.15) is 0 Å². The van der Waals surface area contributed by atoms with Gasteiger partial charge in [-0.15, -0.1) is 6.42 Å². The molecule has 2 rings (SSSR count). The molecule has 0 aliphatic carbocycles. The average molecular weight is 334 g/mol. The molecule has 1 N–H and O–H groups in total. The van der Waals surface area contributed by atoms with Crippen LogP contribution in [0.15, 0.2) is 18.2 Å². The zero-order chi connectivity index (χ0) is 17.4. The highest BCUT2D eigenvalue weighted by Gasteiger charge is 2.20. The van der Waals surface area contributed by atoms with Crippen LogP contribution in [0.2, 0.25) is 0 Å². The Labute approximate surface area is 143 Å². The van der Waals surface area contributed by atoms with Gasteiger partial charge >= 0.3 is 0 Å². The summed E-state index contributed by atoms with van der Waals surface area (Å²) in [4.78, 5) is 4.53. The lowest BCUT2D eigenvalue weighted by Gasteiger charge is -2.37. The zero-order valence-corrected chi connectivity index (χ0v) is 14.4. The Morgan fingerprint density at radius 2 is 1.75 bits per heavy atom. The third-order valence-corrected chi connectivity index (χ3v) is 4.04. The van der Waals surface area contributed by atoms with Gasteiger partial charge < -0.3 is 24.2 Å². The lowest BCUT2D eigenvalue weighted by Crippen LogP contribution is -2.49. The van der Waals surface area contributed by atoms with Gasteiger partial charge in [-0.25, -0.2) is 0 Å². The summed E-state index contributed by atoms with van der Waals surface area (Å²) < 4.78 is 15.8. The molecular formula is C18H26N2O4. The summed E-state index contributed by atoms with van der Waals surface area (Å²) in [5.41, 5.74) is 1.09. The fourth-order valence-corrected chi connectivity index (χ4v) is 2.77. The number of aliphatic hydroxyl groups is 1. The Morgan fingerprint density at radius 1 is 1.12 bits per heavy atom. The highest BCUT2D eigenvalue weighted by atomic mass is 16.5. The van der Waals surface area contributed by atoms with E-state index in [0.29, 0.717) is 6.54 Å². The Balaban J connectivity index is 1.85. The van der Waals surface area contributed by atoms with Crippen LogP contribution in [0.3, 0.4) is 0 Å². The lowest BCUT2D eigenvalue weighted by molar-refractivity contribution is 0.0267. The van der Waals surface area contributed by atoms with Gasteiger partial charge in [-0.3, -0.25) is 4.90 Å². The first kappa shape index (κ1) is 18.4. The number of hydrogen-bond acceptors (Lipinski definition) is 6. The number of aliphatic hydroxyl groups excluding tert-OH is 1. The minimum atomic E-state index is -0.512. The van der Waals surface area contributed by atoms with Crippen molar-refractivity contribution < 1.29 is 19.3 Å². The standard InChI is InChI=1S/C18H26N2O4/c1-4-9-24-14-16(21)13-19-5-7-20(8-6-19)15-10-17(22-2)12-18(11-15)23-3/h1,10-12,16,21H,5-9,13-14H2,2-3H3. The number of methoxy groups -OCH3 is 2. The maximum Gasteiger partial charge on any atom is 0.124 e. The molecule has 1 fully saturated rings. The molecule has 0 bridgehead atoms. The van der Waals surface area contributed by atoms with Crippen LogP contribution in [0.4, 0.5) is 5.69 Å². The third-order valence-electron chi connectivity index (χ3n) is 4.04. The normalized spacial score (nSPS) is 16.5. The smallest absolute Gasteiger partial charge is 0.124 e. The first-order valence-corrected chi connectivity index (χ1v) is 8.06. The number of terminal acetylenes is 1. The van der Waals surface area contributed by atoms with Gasteiger partial charge in [-0.1, -0.05) is 5.92 Å². The van der Waals surface area contributed by atoms with Crippen LogP contribution in [0.5, 0.6) is 11.5 Å². The molecule has 1 heterocycles. The van der Waals surface area contributed by atoms with E-state index in [-0.39, 0.29) is 13.2 Å². The van der Waals surface area contributed by atoms with Crippen LogP contribution in [-0.2, 0) is 4.74 Å². The Kier molecular flexibility index (Phi) is 7.19. The molecule has 0 aromatic heterocycles. The summed E-state index contributed by atoms with van der Waals surface area (Å²) in [6.07, 6.45) is 4.61. The summed E-state index contributed by atoms with van der Waals surface area (Å²) in [5, 5.41) is 9.97. The SMILES string of the molecule is C#CCOCC(O)CN1CCN(c2cc(OC)cc(OC)c2)CC1. The molecule has 1 aromatic rings. The molecule has 1 unspecified atom stereocenters. The Bertz CT molecular complexity index is 528. The summed E-state index contributed by atoms with van der Waals surface area (Å²) in [5.74, 6) is 3.97. The van der Waals surface area contributed by atoms with Gasteiger partial charge in [0, 0.05) is 56.6 Å². The lowest BCUT2D eigenvalue weighted by atomic mass is 10.2. The second-order valence-corrected chi connectivity index (χ2v) is 5.73. The van der Waals surface area contributed by atoms with Gasteiger partial charge in [0.05, 0.1) is 26.9 Å². The number of rotatable bonds is 8. The molecular weight excluding hydrogens is 308 g/mol. The third kappa shape index (κ3) is 5.31. The van der Waals surface area contributed by atoms with E-state index >= 15 is 0 Å². The maximum atomic E-state index is 9.97. The van der Waals surface area contributed by atoms with Crippen molar-refractivity contribution in [3.8, 4) is 23.8 Å². The monoisotopic (exact) mass is 334 g/mol. The van der Waals surface area contributed by atoms with E-state index < -0.39 is 6.10 Å². The molecule has 0 radical (unpaired) electrons. The highest BCUT2D eigenvalue weighted by Crippen LogP contribution is 2.29. The van der Waals surface area contributed by atoms with E-state index in [2.05, 4.69) is 15.7 Å². The largest absolute Gasteiger partial charge is 0.497 e. The number of ether oxygens (including phenoxy) is 3. The van der Waals surface area contributed by atoms with Crippen molar-refractivity contribution in [2.24, 2.45) is 0 Å². The van der Waals surface area contributed by atoms with Gasteiger partial charge in [0.2, 0.25) is 0 Å². The van der Waals surface area contributed by atoms with Crippen molar-refractivity contribution in [2.45, 2.75) is 6.10 Å². The van der Waals surface area contributed by atoms with Crippen molar-refractivity contribution >= 4 is 5.69 Å². The summed E-state index contributed by atoms with van der Waals surface area (Å²) in [6, 6.07) is 5.90.